The Morgan fingerprint density at radius 1 is 1.09 bits per heavy atom. The maximum absolute atomic E-state index is 5.87. The van der Waals surface area contributed by atoms with Crippen LogP contribution in [-0.2, 0) is 11.3 Å². The highest BCUT2D eigenvalue weighted by atomic mass is 127. The summed E-state index contributed by atoms with van der Waals surface area (Å²) < 4.78 is 5.56. The quantitative estimate of drug-likeness (QED) is 0.320. The van der Waals surface area contributed by atoms with Crippen LogP contribution in [0.4, 0.5) is 5.69 Å². The Balaban J connectivity index is 0.00000264. The Bertz CT molecular complexity index is 629. The molecule has 0 bridgehead atoms. The first-order chi connectivity index (χ1) is 10.6. The standard InChI is InChI=1S/C18H23N3O.HI/c1-14-8-9-17(12-15(14)2)21-18(19)20-10-11-22-13-16-6-4-3-5-7-16;/h3-9,12H,10-11,13H2,1-2H3,(H3,19,20,21);1H. The van der Waals surface area contributed by atoms with Crippen LogP contribution >= 0.6 is 24.0 Å². The molecule has 0 fully saturated rings. The largest absolute Gasteiger partial charge is 0.375 e. The van der Waals surface area contributed by atoms with Gasteiger partial charge in [-0.05, 0) is 42.7 Å². The second kappa shape index (κ2) is 10.2. The Hall–Kier alpha value is -1.60. The molecule has 23 heavy (non-hydrogen) atoms. The minimum atomic E-state index is 0. The van der Waals surface area contributed by atoms with Gasteiger partial charge in [-0.2, -0.15) is 0 Å². The first-order valence-corrected chi connectivity index (χ1v) is 7.41. The number of aryl methyl sites for hydroxylation is 2. The normalized spacial score (nSPS) is 11.0. The summed E-state index contributed by atoms with van der Waals surface area (Å²) in [6.45, 7) is 5.84. The number of ether oxygens (including phenoxy) is 1. The zero-order chi connectivity index (χ0) is 15.8. The van der Waals surface area contributed by atoms with Gasteiger partial charge in [0, 0.05) is 5.69 Å². The van der Waals surface area contributed by atoms with Crippen LogP contribution in [0.1, 0.15) is 16.7 Å². The fourth-order valence-electron chi connectivity index (χ4n) is 2.00. The lowest BCUT2D eigenvalue weighted by molar-refractivity contribution is 0.128. The molecular weight excluding hydrogens is 401 g/mol. The highest BCUT2D eigenvalue weighted by Gasteiger charge is 1.98. The van der Waals surface area contributed by atoms with Crippen molar-refractivity contribution in [2.24, 2.45) is 10.7 Å². The van der Waals surface area contributed by atoms with Gasteiger partial charge in [0.05, 0.1) is 19.8 Å². The van der Waals surface area contributed by atoms with Crippen LogP contribution in [0.5, 0.6) is 0 Å². The molecule has 0 saturated carbocycles. The average Bonchev–Trinajstić information content (AvgIpc) is 2.52. The van der Waals surface area contributed by atoms with Crippen molar-refractivity contribution in [3.8, 4) is 0 Å². The summed E-state index contributed by atoms with van der Waals surface area (Å²) >= 11 is 0. The summed E-state index contributed by atoms with van der Waals surface area (Å²) in [7, 11) is 0. The van der Waals surface area contributed by atoms with E-state index in [0.29, 0.717) is 25.7 Å². The smallest absolute Gasteiger partial charge is 0.193 e. The van der Waals surface area contributed by atoms with Gasteiger partial charge in [0.2, 0.25) is 0 Å². The van der Waals surface area contributed by atoms with Crippen molar-refractivity contribution in [3.63, 3.8) is 0 Å². The fraction of sp³-hybridized carbons (Fsp3) is 0.278. The minimum Gasteiger partial charge on any atom is -0.375 e. The van der Waals surface area contributed by atoms with E-state index in [1.165, 1.54) is 11.1 Å². The molecule has 3 N–H and O–H groups in total. The first-order valence-electron chi connectivity index (χ1n) is 7.41. The van der Waals surface area contributed by atoms with Crippen LogP contribution in [0.2, 0.25) is 0 Å². The molecular formula is C18H24IN3O. The molecule has 5 heteroatoms. The van der Waals surface area contributed by atoms with E-state index in [0.717, 1.165) is 11.3 Å². The molecule has 0 aromatic heterocycles. The van der Waals surface area contributed by atoms with E-state index in [9.17, 15) is 0 Å². The second-order valence-corrected chi connectivity index (χ2v) is 5.23. The van der Waals surface area contributed by atoms with Crippen molar-refractivity contribution >= 4 is 35.6 Å². The number of hydrogen-bond donors (Lipinski definition) is 2. The van der Waals surface area contributed by atoms with Gasteiger partial charge in [-0.3, -0.25) is 4.99 Å². The van der Waals surface area contributed by atoms with Gasteiger partial charge in [-0.25, -0.2) is 0 Å². The SMILES string of the molecule is Cc1ccc(NC(N)=NCCOCc2ccccc2)cc1C.I. The molecule has 2 rings (SSSR count). The van der Waals surface area contributed by atoms with Crippen molar-refractivity contribution < 1.29 is 4.74 Å². The summed E-state index contributed by atoms with van der Waals surface area (Å²) in [5.74, 6) is 0.409. The Labute approximate surface area is 155 Å². The van der Waals surface area contributed by atoms with Gasteiger partial charge in [-0.1, -0.05) is 36.4 Å². The van der Waals surface area contributed by atoms with Crippen molar-refractivity contribution in [3.05, 3.63) is 65.2 Å². The monoisotopic (exact) mass is 425 g/mol. The van der Waals surface area contributed by atoms with E-state index in [-0.39, 0.29) is 24.0 Å². The van der Waals surface area contributed by atoms with E-state index in [1.54, 1.807) is 0 Å². The molecule has 0 unspecified atom stereocenters. The van der Waals surface area contributed by atoms with Gasteiger partial charge in [-0.15, -0.1) is 24.0 Å². The van der Waals surface area contributed by atoms with Crippen LogP contribution in [0.25, 0.3) is 0 Å². The topological polar surface area (TPSA) is 59.6 Å². The predicted molar refractivity (Wildman–Crippen MR) is 108 cm³/mol. The molecule has 0 aliphatic heterocycles. The molecule has 124 valence electrons. The summed E-state index contributed by atoms with van der Waals surface area (Å²) in [4.78, 5) is 4.26. The molecule has 0 aliphatic rings. The third-order valence-corrected chi connectivity index (χ3v) is 3.41. The van der Waals surface area contributed by atoms with Crippen molar-refractivity contribution in [1.29, 1.82) is 0 Å². The third kappa shape index (κ3) is 7.00. The lowest BCUT2D eigenvalue weighted by atomic mass is 10.1. The summed E-state index contributed by atoms with van der Waals surface area (Å²) in [5, 5.41) is 3.09. The Kier molecular flexibility index (Phi) is 8.65. The molecule has 0 saturated heterocycles. The van der Waals surface area contributed by atoms with Crippen LogP contribution in [-0.4, -0.2) is 19.1 Å². The van der Waals surface area contributed by atoms with E-state index in [4.69, 9.17) is 10.5 Å². The van der Waals surface area contributed by atoms with E-state index in [2.05, 4.69) is 36.3 Å². The predicted octanol–water partition coefficient (Wildman–Crippen LogP) is 3.86. The Morgan fingerprint density at radius 3 is 2.52 bits per heavy atom. The maximum atomic E-state index is 5.87. The number of benzene rings is 2. The van der Waals surface area contributed by atoms with Gasteiger partial charge in [0.1, 0.15) is 0 Å². The van der Waals surface area contributed by atoms with Gasteiger partial charge < -0.3 is 15.8 Å². The van der Waals surface area contributed by atoms with Crippen LogP contribution in [0.3, 0.4) is 0 Å². The number of nitrogens with one attached hydrogen (secondary N) is 1. The highest BCUT2D eigenvalue weighted by Crippen LogP contribution is 2.13. The van der Waals surface area contributed by atoms with E-state index in [1.807, 2.05) is 36.4 Å². The molecule has 2 aromatic carbocycles. The Morgan fingerprint density at radius 2 is 1.83 bits per heavy atom. The lowest BCUT2D eigenvalue weighted by Gasteiger charge is -2.08. The zero-order valence-electron chi connectivity index (χ0n) is 13.6. The van der Waals surface area contributed by atoms with E-state index >= 15 is 0 Å². The molecule has 4 nitrogen and oxygen atoms in total. The summed E-state index contributed by atoms with van der Waals surface area (Å²) in [5.41, 5.74) is 10.5. The number of halogens is 1. The maximum Gasteiger partial charge on any atom is 0.193 e. The van der Waals surface area contributed by atoms with Crippen LogP contribution < -0.4 is 11.1 Å². The molecule has 0 aliphatic carbocycles. The number of aliphatic imine (C=N–C) groups is 1. The number of hydrogen-bond acceptors (Lipinski definition) is 2. The van der Waals surface area contributed by atoms with Crippen molar-refractivity contribution in [1.82, 2.24) is 0 Å². The average molecular weight is 425 g/mol. The van der Waals surface area contributed by atoms with Crippen molar-refractivity contribution in [2.75, 3.05) is 18.5 Å². The number of nitrogens with zero attached hydrogens (tertiary/aromatic N) is 1. The summed E-state index contributed by atoms with van der Waals surface area (Å²) in [6.07, 6.45) is 0. The zero-order valence-corrected chi connectivity index (χ0v) is 15.9. The van der Waals surface area contributed by atoms with Gasteiger partial charge in [0.15, 0.2) is 5.96 Å². The number of anilines is 1. The van der Waals surface area contributed by atoms with Gasteiger partial charge in [0.25, 0.3) is 0 Å². The molecule has 0 atom stereocenters. The lowest BCUT2D eigenvalue weighted by Crippen LogP contribution is -2.23. The van der Waals surface area contributed by atoms with Gasteiger partial charge >= 0.3 is 0 Å². The minimum absolute atomic E-state index is 0. The second-order valence-electron chi connectivity index (χ2n) is 5.23. The molecule has 2 aromatic rings. The molecule has 0 spiro atoms. The van der Waals surface area contributed by atoms with E-state index < -0.39 is 0 Å². The molecule has 0 amide bonds. The summed E-state index contributed by atoms with van der Waals surface area (Å²) in [6, 6.07) is 16.2. The number of nitrogens with two attached hydrogens (primary N) is 1. The molecule has 0 radical (unpaired) electrons. The molecule has 0 heterocycles. The number of rotatable bonds is 6. The highest BCUT2D eigenvalue weighted by molar-refractivity contribution is 14.0. The van der Waals surface area contributed by atoms with Crippen LogP contribution in [0, 0.1) is 13.8 Å². The third-order valence-electron chi connectivity index (χ3n) is 3.41. The van der Waals surface area contributed by atoms with Crippen LogP contribution in [0.15, 0.2) is 53.5 Å². The fourth-order valence-corrected chi connectivity index (χ4v) is 2.00. The number of guanidine groups is 1. The first kappa shape index (κ1) is 19.4. The van der Waals surface area contributed by atoms with Crippen molar-refractivity contribution in [2.45, 2.75) is 20.5 Å².